The van der Waals surface area contributed by atoms with Crippen LogP contribution >= 0.6 is 11.6 Å². The van der Waals surface area contributed by atoms with E-state index in [9.17, 15) is 4.79 Å². The van der Waals surface area contributed by atoms with Gasteiger partial charge in [-0.2, -0.15) is 0 Å². The predicted octanol–water partition coefficient (Wildman–Crippen LogP) is 3.66. The average molecular weight is 274 g/mol. The Morgan fingerprint density at radius 2 is 1.95 bits per heavy atom. The molecule has 1 heterocycles. The third-order valence-corrected chi connectivity index (χ3v) is 3.35. The Bertz CT molecular complexity index is 613. The number of halogens is 1. The molecule has 96 valence electrons. The van der Waals surface area contributed by atoms with Crippen molar-refractivity contribution in [2.24, 2.45) is 0 Å². The summed E-state index contributed by atoms with van der Waals surface area (Å²) in [7, 11) is 0. The van der Waals surface area contributed by atoms with Gasteiger partial charge in [-0.1, -0.05) is 41.9 Å². The highest BCUT2D eigenvalue weighted by molar-refractivity contribution is 6.31. The number of esters is 1. The summed E-state index contributed by atoms with van der Waals surface area (Å²) in [5, 5.41) is 3.85. The average Bonchev–Trinajstić information content (AvgIpc) is 2.60. The summed E-state index contributed by atoms with van der Waals surface area (Å²) >= 11 is 5.91. The lowest BCUT2D eigenvalue weighted by molar-refractivity contribution is 0.0500. The van der Waals surface area contributed by atoms with E-state index in [-0.39, 0.29) is 12.0 Å². The Kier molecular flexibility index (Phi) is 3.13. The second-order valence-corrected chi connectivity index (χ2v) is 4.83. The van der Waals surface area contributed by atoms with Crippen LogP contribution < -0.4 is 5.32 Å². The first-order valence-corrected chi connectivity index (χ1v) is 6.40. The van der Waals surface area contributed by atoms with E-state index in [1.54, 1.807) is 18.2 Å². The van der Waals surface area contributed by atoms with Crippen LogP contribution in [-0.2, 0) is 4.74 Å². The Hall–Kier alpha value is -2.00. The van der Waals surface area contributed by atoms with Gasteiger partial charge in [-0.3, -0.25) is 0 Å². The molecule has 4 heteroatoms. The van der Waals surface area contributed by atoms with Crippen LogP contribution in [0.3, 0.4) is 0 Å². The van der Waals surface area contributed by atoms with Crippen LogP contribution in [0.15, 0.2) is 48.5 Å². The van der Waals surface area contributed by atoms with Crippen molar-refractivity contribution in [2.75, 3.05) is 11.9 Å². The smallest absolute Gasteiger partial charge is 0.340 e. The number of nitrogens with one attached hydrogen (secondary N) is 1. The molecule has 0 fully saturated rings. The lowest BCUT2D eigenvalue weighted by Crippen LogP contribution is -2.15. The van der Waals surface area contributed by atoms with Gasteiger partial charge in [0, 0.05) is 10.7 Å². The molecule has 2 aromatic carbocycles. The molecule has 3 rings (SSSR count). The number of cyclic esters (lactones) is 1. The van der Waals surface area contributed by atoms with Crippen LogP contribution in [0.5, 0.6) is 0 Å². The molecule has 1 atom stereocenters. The minimum atomic E-state index is -0.344. The summed E-state index contributed by atoms with van der Waals surface area (Å²) in [4.78, 5) is 11.9. The number of carbonyl (C=O) groups is 1. The van der Waals surface area contributed by atoms with E-state index in [0.29, 0.717) is 17.2 Å². The second-order valence-electron chi connectivity index (χ2n) is 4.40. The first-order valence-electron chi connectivity index (χ1n) is 6.02. The number of fused-ring (bicyclic) bond motifs is 1. The van der Waals surface area contributed by atoms with Crippen LogP contribution in [0.25, 0.3) is 0 Å². The molecule has 1 unspecified atom stereocenters. The van der Waals surface area contributed by atoms with E-state index in [2.05, 4.69) is 5.32 Å². The Morgan fingerprint density at radius 3 is 2.74 bits per heavy atom. The first-order chi connectivity index (χ1) is 9.24. The fraction of sp³-hybridized carbons (Fsp3) is 0.133. The van der Waals surface area contributed by atoms with Gasteiger partial charge in [-0.25, -0.2) is 4.79 Å². The minimum absolute atomic E-state index is 0.0485. The number of hydrogen-bond acceptors (Lipinski definition) is 3. The van der Waals surface area contributed by atoms with Crippen molar-refractivity contribution in [2.45, 2.75) is 6.04 Å². The van der Waals surface area contributed by atoms with E-state index in [1.165, 1.54) is 0 Å². The third kappa shape index (κ3) is 2.42. The molecular weight excluding hydrogens is 262 g/mol. The van der Waals surface area contributed by atoms with Crippen LogP contribution in [0.4, 0.5) is 5.69 Å². The van der Waals surface area contributed by atoms with E-state index < -0.39 is 0 Å². The van der Waals surface area contributed by atoms with E-state index >= 15 is 0 Å². The van der Waals surface area contributed by atoms with Gasteiger partial charge in [0.15, 0.2) is 0 Å². The molecule has 0 aromatic heterocycles. The van der Waals surface area contributed by atoms with E-state index in [4.69, 9.17) is 16.3 Å². The molecule has 2 aromatic rings. The zero-order valence-corrected chi connectivity index (χ0v) is 10.9. The van der Waals surface area contributed by atoms with Crippen molar-refractivity contribution in [3.8, 4) is 0 Å². The zero-order valence-electron chi connectivity index (χ0n) is 10.1. The Labute approximate surface area is 116 Å². The topological polar surface area (TPSA) is 38.3 Å². The van der Waals surface area contributed by atoms with Gasteiger partial charge >= 0.3 is 5.97 Å². The van der Waals surface area contributed by atoms with Crippen molar-refractivity contribution >= 4 is 23.3 Å². The summed E-state index contributed by atoms with van der Waals surface area (Å²) in [5.74, 6) is -0.344. The number of ether oxygens (including phenoxy) is 1. The highest BCUT2D eigenvalue weighted by atomic mass is 35.5. The zero-order chi connectivity index (χ0) is 13.2. The van der Waals surface area contributed by atoms with Crippen molar-refractivity contribution in [3.63, 3.8) is 0 Å². The summed E-state index contributed by atoms with van der Waals surface area (Å²) in [6.07, 6.45) is 0. The second kappa shape index (κ2) is 4.94. The molecule has 3 nitrogen and oxygen atoms in total. The molecule has 0 saturated heterocycles. The quantitative estimate of drug-likeness (QED) is 0.806. The maximum atomic E-state index is 11.9. The van der Waals surface area contributed by atoms with Crippen molar-refractivity contribution in [1.82, 2.24) is 0 Å². The van der Waals surface area contributed by atoms with Crippen LogP contribution in [0.2, 0.25) is 5.02 Å². The molecule has 0 radical (unpaired) electrons. The highest BCUT2D eigenvalue weighted by Gasteiger charge is 2.23. The molecule has 1 N–H and O–H groups in total. The van der Waals surface area contributed by atoms with E-state index in [1.807, 2.05) is 30.3 Å². The van der Waals surface area contributed by atoms with Gasteiger partial charge < -0.3 is 10.1 Å². The van der Waals surface area contributed by atoms with Gasteiger partial charge in [0.2, 0.25) is 0 Å². The number of anilines is 1. The maximum Gasteiger partial charge on any atom is 0.340 e. The standard InChI is InChI=1S/C15H12ClNO2/c16-11-6-7-13-12(8-11)15(18)19-9-14(17-13)10-4-2-1-3-5-10/h1-8,14,17H,9H2. The summed E-state index contributed by atoms with van der Waals surface area (Å²) in [6.45, 7) is 0.301. The van der Waals surface area contributed by atoms with E-state index in [0.717, 1.165) is 11.3 Å². The van der Waals surface area contributed by atoms with Crippen molar-refractivity contribution < 1.29 is 9.53 Å². The van der Waals surface area contributed by atoms with Crippen LogP contribution in [-0.4, -0.2) is 12.6 Å². The number of rotatable bonds is 1. The lowest BCUT2D eigenvalue weighted by atomic mass is 10.1. The molecule has 1 aliphatic rings. The molecular formula is C15H12ClNO2. The van der Waals surface area contributed by atoms with Crippen molar-refractivity contribution in [1.29, 1.82) is 0 Å². The van der Waals surface area contributed by atoms with Gasteiger partial charge in [-0.05, 0) is 23.8 Å². The SMILES string of the molecule is O=C1OCC(c2ccccc2)Nc2ccc(Cl)cc21. The summed E-state index contributed by atoms with van der Waals surface area (Å²) in [5.41, 5.74) is 2.31. The normalized spacial score (nSPS) is 17.9. The fourth-order valence-corrected chi connectivity index (χ4v) is 2.31. The Balaban J connectivity index is 1.98. The van der Waals surface area contributed by atoms with Gasteiger partial charge in [0.1, 0.15) is 6.61 Å². The number of hydrogen-bond donors (Lipinski definition) is 1. The van der Waals surface area contributed by atoms with Crippen LogP contribution in [0, 0.1) is 0 Å². The monoisotopic (exact) mass is 273 g/mol. The first kappa shape index (κ1) is 12.1. The Morgan fingerprint density at radius 1 is 1.16 bits per heavy atom. The predicted molar refractivity (Wildman–Crippen MR) is 74.5 cm³/mol. The molecule has 1 aliphatic heterocycles. The molecule has 0 saturated carbocycles. The molecule has 0 spiro atoms. The fourth-order valence-electron chi connectivity index (χ4n) is 2.14. The minimum Gasteiger partial charge on any atom is -0.459 e. The maximum absolute atomic E-state index is 11.9. The van der Waals surface area contributed by atoms with Crippen molar-refractivity contribution in [3.05, 3.63) is 64.7 Å². The van der Waals surface area contributed by atoms with Gasteiger partial charge in [-0.15, -0.1) is 0 Å². The van der Waals surface area contributed by atoms with Gasteiger partial charge in [0.25, 0.3) is 0 Å². The summed E-state index contributed by atoms with van der Waals surface area (Å²) < 4.78 is 5.29. The third-order valence-electron chi connectivity index (χ3n) is 3.11. The molecule has 0 aliphatic carbocycles. The lowest BCUT2D eigenvalue weighted by Gasteiger charge is -2.17. The highest BCUT2D eigenvalue weighted by Crippen LogP contribution is 2.29. The number of benzene rings is 2. The van der Waals surface area contributed by atoms with Crippen LogP contribution in [0.1, 0.15) is 22.0 Å². The summed E-state index contributed by atoms with van der Waals surface area (Å²) in [6, 6.07) is 15.0. The largest absolute Gasteiger partial charge is 0.459 e. The molecule has 0 amide bonds. The molecule has 19 heavy (non-hydrogen) atoms. The van der Waals surface area contributed by atoms with Gasteiger partial charge in [0.05, 0.1) is 11.6 Å². The number of carbonyl (C=O) groups excluding carboxylic acids is 1. The molecule has 0 bridgehead atoms.